The Kier molecular flexibility index (Phi) is 7.41. The third kappa shape index (κ3) is 5.32. The van der Waals surface area contributed by atoms with Crippen LogP contribution in [0.4, 0.5) is 4.39 Å². The summed E-state index contributed by atoms with van der Waals surface area (Å²) in [5.41, 5.74) is 1.83. The van der Waals surface area contributed by atoms with Crippen molar-refractivity contribution in [3.63, 3.8) is 0 Å². The lowest BCUT2D eigenvalue weighted by Crippen LogP contribution is -2.42. The molecule has 9 nitrogen and oxygen atoms in total. The van der Waals surface area contributed by atoms with Gasteiger partial charge in [-0.05, 0) is 23.3 Å². The third-order valence-corrected chi connectivity index (χ3v) is 6.59. The zero-order valence-corrected chi connectivity index (χ0v) is 21.2. The van der Waals surface area contributed by atoms with Crippen molar-refractivity contribution in [2.45, 2.75) is 19.0 Å². The number of carboxylic acids is 1. The van der Waals surface area contributed by atoms with Crippen LogP contribution in [0.25, 0.3) is 16.9 Å². The first-order valence-electron chi connectivity index (χ1n) is 12.5. The van der Waals surface area contributed by atoms with Crippen LogP contribution in [0.5, 0.6) is 0 Å². The monoisotopic (exact) mass is 540 g/mol. The number of hydrogen-bond donors (Lipinski definition) is 4. The average Bonchev–Trinajstić information content (AvgIpc) is 2.94. The topological polar surface area (TPSA) is 136 Å². The fraction of sp³-hybridized carbons (Fsp3) is 0.133. The molecule has 5 rings (SSSR count). The molecule has 1 aliphatic heterocycles. The first-order valence-corrected chi connectivity index (χ1v) is 12.5. The van der Waals surface area contributed by atoms with Gasteiger partial charge in [0, 0.05) is 36.0 Å². The maximum Gasteiger partial charge on any atom is 0.305 e. The molecular formula is C30H25FN4O5. The molecule has 3 heterocycles. The van der Waals surface area contributed by atoms with E-state index in [4.69, 9.17) is 5.11 Å². The largest absolute Gasteiger partial charge is 0.505 e. The van der Waals surface area contributed by atoms with Gasteiger partial charge in [-0.1, -0.05) is 60.7 Å². The standard InChI is InChI=1S/C30H25FN4O5/c31-21-13-20(15-32-16-21)26-25-23(14-22(29(39)34-25)19-9-5-2-6-10-19)28(38)27(30(40)33-12-11-24(36)37)35(26)17-18-7-3-1-4-8-18/h1-10,13-16,26,38H,11-12,17H2,(H,33,40)(H,34,39)(H,36,37). The summed E-state index contributed by atoms with van der Waals surface area (Å²) in [6, 6.07) is 19.8. The zero-order chi connectivity index (χ0) is 28.2. The lowest BCUT2D eigenvalue weighted by atomic mass is 9.90. The number of aromatic nitrogens is 2. The Morgan fingerprint density at radius 3 is 2.38 bits per heavy atom. The lowest BCUT2D eigenvalue weighted by molar-refractivity contribution is -0.136. The summed E-state index contributed by atoms with van der Waals surface area (Å²) in [6.45, 7) is -0.0836. The predicted octanol–water partition coefficient (Wildman–Crippen LogP) is 4.00. The second-order valence-electron chi connectivity index (χ2n) is 9.25. The van der Waals surface area contributed by atoms with Crippen molar-refractivity contribution in [2.75, 3.05) is 6.54 Å². The molecule has 0 saturated carbocycles. The van der Waals surface area contributed by atoms with E-state index < -0.39 is 35.1 Å². The number of carbonyl (C=O) groups is 2. The van der Waals surface area contributed by atoms with Gasteiger partial charge in [-0.2, -0.15) is 0 Å². The van der Waals surface area contributed by atoms with Gasteiger partial charge in [0.15, 0.2) is 5.76 Å². The molecule has 2 aromatic heterocycles. The molecule has 40 heavy (non-hydrogen) atoms. The number of fused-ring (bicyclic) bond motifs is 1. The van der Waals surface area contributed by atoms with Crippen molar-refractivity contribution in [2.24, 2.45) is 0 Å². The summed E-state index contributed by atoms with van der Waals surface area (Å²) >= 11 is 0. The Bertz CT molecular complexity index is 1650. The molecule has 0 spiro atoms. The molecule has 1 amide bonds. The van der Waals surface area contributed by atoms with Crippen LogP contribution in [0.2, 0.25) is 0 Å². The molecule has 4 N–H and O–H groups in total. The number of aliphatic carboxylic acids is 1. The second kappa shape index (κ2) is 11.2. The van der Waals surface area contributed by atoms with Crippen molar-refractivity contribution >= 4 is 17.6 Å². The van der Waals surface area contributed by atoms with Gasteiger partial charge in [0.05, 0.1) is 24.4 Å². The number of H-pyrrole nitrogens is 1. The quantitative estimate of drug-likeness (QED) is 0.265. The molecule has 202 valence electrons. The van der Waals surface area contributed by atoms with E-state index in [1.54, 1.807) is 29.2 Å². The highest BCUT2D eigenvalue weighted by atomic mass is 19.1. The maximum absolute atomic E-state index is 14.4. The minimum absolute atomic E-state index is 0.0929. The number of halogens is 1. The number of aliphatic hydroxyl groups is 1. The Labute approximate surface area is 228 Å². The van der Waals surface area contributed by atoms with Gasteiger partial charge in [-0.3, -0.25) is 19.4 Å². The number of amides is 1. The Morgan fingerprint density at radius 1 is 1.00 bits per heavy atom. The van der Waals surface area contributed by atoms with Gasteiger partial charge in [0.1, 0.15) is 11.5 Å². The highest BCUT2D eigenvalue weighted by Gasteiger charge is 2.39. The SMILES string of the molecule is O=C(O)CCNC(=O)C1=C(O)c2cc(-c3ccccc3)c(=O)[nH]c2C(c2cncc(F)c2)N1Cc1ccccc1. The molecule has 1 aliphatic rings. The molecule has 0 aliphatic carbocycles. The number of aliphatic hydroxyl groups excluding tert-OH is 1. The molecule has 2 aromatic carbocycles. The molecule has 0 bridgehead atoms. The number of nitrogens with one attached hydrogen (secondary N) is 2. The van der Waals surface area contributed by atoms with Crippen molar-refractivity contribution in [3.05, 3.63) is 129 Å². The highest BCUT2D eigenvalue weighted by Crippen LogP contribution is 2.42. The molecule has 1 unspecified atom stereocenters. The predicted molar refractivity (Wildman–Crippen MR) is 145 cm³/mol. The van der Waals surface area contributed by atoms with Gasteiger partial charge >= 0.3 is 5.97 Å². The molecule has 1 atom stereocenters. The Hall–Kier alpha value is -5.25. The van der Waals surface area contributed by atoms with Crippen molar-refractivity contribution in [3.8, 4) is 11.1 Å². The van der Waals surface area contributed by atoms with Gasteiger partial charge in [-0.25, -0.2) is 4.39 Å². The number of pyridine rings is 2. The molecular weight excluding hydrogens is 515 g/mol. The summed E-state index contributed by atoms with van der Waals surface area (Å²) < 4.78 is 14.4. The Balaban J connectivity index is 1.74. The summed E-state index contributed by atoms with van der Waals surface area (Å²) in [5.74, 6) is -2.84. The number of aromatic amines is 1. The number of hydrogen-bond acceptors (Lipinski definition) is 6. The minimum atomic E-state index is -1.09. The molecule has 0 fully saturated rings. The van der Waals surface area contributed by atoms with Crippen LogP contribution < -0.4 is 10.9 Å². The first-order chi connectivity index (χ1) is 19.3. The van der Waals surface area contributed by atoms with Gasteiger partial charge in [-0.15, -0.1) is 0 Å². The number of carboxylic acid groups (broad SMARTS) is 1. The van der Waals surface area contributed by atoms with Gasteiger partial charge in [0.25, 0.3) is 11.5 Å². The van der Waals surface area contributed by atoms with E-state index in [0.29, 0.717) is 11.1 Å². The normalized spacial score (nSPS) is 14.5. The van der Waals surface area contributed by atoms with Crippen molar-refractivity contribution in [1.82, 2.24) is 20.2 Å². The Morgan fingerprint density at radius 2 is 1.70 bits per heavy atom. The van der Waals surface area contributed by atoms with Gasteiger partial charge < -0.3 is 25.4 Å². The summed E-state index contributed by atoms with van der Waals surface area (Å²) in [5, 5.41) is 23.2. The van der Waals surface area contributed by atoms with E-state index in [2.05, 4.69) is 15.3 Å². The number of rotatable bonds is 8. The molecule has 10 heteroatoms. The average molecular weight is 541 g/mol. The summed E-state index contributed by atoms with van der Waals surface area (Å²) in [6.07, 6.45) is 2.15. The fourth-order valence-corrected chi connectivity index (χ4v) is 4.82. The number of nitrogens with zero attached hydrogens (tertiary/aromatic N) is 2. The molecule has 0 radical (unpaired) electrons. The smallest absolute Gasteiger partial charge is 0.305 e. The number of carbonyl (C=O) groups excluding carboxylic acids is 1. The number of benzene rings is 2. The van der Waals surface area contributed by atoms with Crippen LogP contribution in [-0.4, -0.2) is 43.5 Å². The molecule has 0 saturated heterocycles. The van der Waals surface area contributed by atoms with Gasteiger partial charge in [0.2, 0.25) is 0 Å². The van der Waals surface area contributed by atoms with Crippen LogP contribution in [0, 0.1) is 5.82 Å². The zero-order valence-electron chi connectivity index (χ0n) is 21.2. The van der Waals surface area contributed by atoms with E-state index in [9.17, 15) is 23.9 Å². The summed E-state index contributed by atoms with van der Waals surface area (Å²) in [7, 11) is 0. The minimum Gasteiger partial charge on any atom is -0.505 e. The second-order valence-corrected chi connectivity index (χ2v) is 9.25. The van der Waals surface area contributed by atoms with Crippen molar-refractivity contribution < 1.29 is 24.2 Å². The van der Waals surface area contributed by atoms with E-state index in [1.807, 2.05) is 36.4 Å². The molecule has 4 aromatic rings. The van der Waals surface area contributed by atoms with E-state index >= 15 is 0 Å². The lowest BCUT2D eigenvalue weighted by Gasteiger charge is -2.39. The van der Waals surface area contributed by atoms with Crippen LogP contribution in [0.1, 0.15) is 34.8 Å². The maximum atomic E-state index is 14.4. The highest BCUT2D eigenvalue weighted by molar-refractivity contribution is 6.00. The van der Waals surface area contributed by atoms with Crippen LogP contribution in [0.3, 0.4) is 0 Å². The fourth-order valence-electron chi connectivity index (χ4n) is 4.82. The summed E-state index contributed by atoms with van der Waals surface area (Å²) in [4.78, 5) is 46.3. The van der Waals surface area contributed by atoms with Crippen LogP contribution >= 0.6 is 0 Å². The van der Waals surface area contributed by atoms with E-state index in [0.717, 1.165) is 11.8 Å². The third-order valence-electron chi connectivity index (χ3n) is 6.59. The van der Waals surface area contributed by atoms with Crippen molar-refractivity contribution in [1.29, 1.82) is 0 Å². The first kappa shape index (κ1) is 26.4. The van der Waals surface area contributed by atoms with E-state index in [-0.39, 0.29) is 42.0 Å². The van der Waals surface area contributed by atoms with Crippen LogP contribution in [0.15, 0.2) is 95.7 Å². The van der Waals surface area contributed by atoms with E-state index in [1.165, 1.54) is 18.3 Å². The van der Waals surface area contributed by atoms with Crippen LogP contribution in [-0.2, 0) is 16.1 Å².